The topological polar surface area (TPSA) is 58.2 Å². The van der Waals surface area contributed by atoms with Crippen molar-refractivity contribution in [3.63, 3.8) is 0 Å². The Kier molecular flexibility index (Phi) is 8.10. The van der Waals surface area contributed by atoms with Gasteiger partial charge in [-0.15, -0.1) is 0 Å². The lowest BCUT2D eigenvalue weighted by Gasteiger charge is -2.16. The molecule has 0 saturated heterocycles. The van der Waals surface area contributed by atoms with Crippen LogP contribution in [0.1, 0.15) is 40.9 Å². The Morgan fingerprint density at radius 2 is 1.50 bits per heavy atom. The van der Waals surface area contributed by atoms with Crippen LogP contribution in [0.3, 0.4) is 0 Å². The summed E-state index contributed by atoms with van der Waals surface area (Å²) in [6, 6.07) is 27.0. The van der Waals surface area contributed by atoms with Gasteiger partial charge in [0.1, 0.15) is 0 Å². The number of amides is 2. The summed E-state index contributed by atoms with van der Waals surface area (Å²) in [6.45, 7) is 1.94. The van der Waals surface area contributed by atoms with Crippen molar-refractivity contribution in [2.24, 2.45) is 0 Å². The van der Waals surface area contributed by atoms with Crippen molar-refractivity contribution < 1.29 is 9.59 Å². The van der Waals surface area contributed by atoms with Crippen molar-refractivity contribution in [2.75, 3.05) is 11.1 Å². The molecule has 0 aliphatic carbocycles. The van der Waals surface area contributed by atoms with Gasteiger partial charge in [0.25, 0.3) is 5.91 Å². The predicted octanol–water partition coefficient (Wildman–Crippen LogP) is 5.44. The van der Waals surface area contributed by atoms with E-state index >= 15 is 0 Å². The second-order valence-corrected chi connectivity index (χ2v) is 8.09. The van der Waals surface area contributed by atoms with Crippen LogP contribution in [0.2, 0.25) is 0 Å². The van der Waals surface area contributed by atoms with Gasteiger partial charge in [0.05, 0.1) is 17.3 Å². The van der Waals surface area contributed by atoms with Crippen LogP contribution in [0.25, 0.3) is 0 Å². The molecule has 1 atom stereocenters. The van der Waals surface area contributed by atoms with E-state index in [-0.39, 0.29) is 17.9 Å². The van der Waals surface area contributed by atoms with E-state index in [0.29, 0.717) is 17.7 Å². The van der Waals surface area contributed by atoms with E-state index in [1.807, 2.05) is 61.5 Å². The van der Waals surface area contributed by atoms with Crippen molar-refractivity contribution in [1.29, 1.82) is 0 Å². The molecular weight excluding hydrogens is 392 g/mol. The summed E-state index contributed by atoms with van der Waals surface area (Å²) in [5.74, 6) is 1.30. The molecule has 0 spiro atoms. The second-order valence-electron chi connectivity index (χ2n) is 6.99. The fraction of sp³-hybridized carbons (Fsp3) is 0.200. The summed E-state index contributed by atoms with van der Waals surface area (Å²) in [4.78, 5) is 25.2. The van der Waals surface area contributed by atoms with Gasteiger partial charge in [0, 0.05) is 17.9 Å². The molecule has 0 fully saturated rings. The number of benzene rings is 3. The minimum atomic E-state index is -0.208. The molecule has 30 heavy (non-hydrogen) atoms. The molecule has 0 heterocycles. The zero-order chi connectivity index (χ0) is 21.2. The Bertz CT molecular complexity index is 961. The highest BCUT2D eigenvalue weighted by molar-refractivity contribution is 7.98. The maximum Gasteiger partial charge on any atom is 0.253 e. The fourth-order valence-corrected chi connectivity index (χ4v) is 3.93. The quantitative estimate of drug-likeness (QED) is 0.455. The Morgan fingerprint density at radius 1 is 0.867 bits per heavy atom. The van der Waals surface area contributed by atoms with E-state index in [9.17, 15) is 9.59 Å². The number of para-hydroxylation sites is 1. The highest BCUT2D eigenvalue weighted by atomic mass is 32.2. The highest BCUT2D eigenvalue weighted by Crippen LogP contribution is 2.19. The maximum absolute atomic E-state index is 12.8. The average molecular weight is 419 g/mol. The zero-order valence-electron chi connectivity index (χ0n) is 17.0. The van der Waals surface area contributed by atoms with Gasteiger partial charge in [-0.1, -0.05) is 72.8 Å². The van der Waals surface area contributed by atoms with E-state index in [0.717, 1.165) is 17.1 Å². The van der Waals surface area contributed by atoms with Gasteiger partial charge in [-0.3, -0.25) is 9.59 Å². The third kappa shape index (κ3) is 6.49. The molecule has 3 aromatic carbocycles. The number of carbonyl (C=O) groups excluding carboxylic acids is 2. The SMILES string of the molecule is C[C@@H](NC(=O)c1ccccc1NC(=O)CCSCc1ccccc1)c1ccccc1. The minimum absolute atomic E-state index is 0.0908. The molecule has 0 aliphatic rings. The van der Waals surface area contributed by atoms with Gasteiger partial charge in [0.2, 0.25) is 5.91 Å². The standard InChI is InChI=1S/C25H26N2O2S/c1-19(21-12-6-3-7-13-21)26-25(29)22-14-8-9-15-23(22)27-24(28)16-17-30-18-20-10-4-2-5-11-20/h2-15,19H,16-18H2,1H3,(H,26,29)(H,27,28)/t19-/m1/s1. The molecule has 0 radical (unpaired) electrons. The molecule has 5 heteroatoms. The van der Waals surface area contributed by atoms with Crippen LogP contribution in [0, 0.1) is 0 Å². The number of anilines is 1. The molecule has 3 rings (SSSR count). The van der Waals surface area contributed by atoms with Crippen LogP contribution in [0.5, 0.6) is 0 Å². The number of carbonyl (C=O) groups is 2. The Morgan fingerprint density at radius 3 is 2.23 bits per heavy atom. The highest BCUT2D eigenvalue weighted by Gasteiger charge is 2.16. The van der Waals surface area contributed by atoms with Crippen LogP contribution in [0.4, 0.5) is 5.69 Å². The third-order valence-electron chi connectivity index (χ3n) is 4.68. The van der Waals surface area contributed by atoms with Crippen molar-refractivity contribution in [1.82, 2.24) is 5.32 Å². The largest absolute Gasteiger partial charge is 0.345 e. The minimum Gasteiger partial charge on any atom is -0.345 e. The molecule has 0 bridgehead atoms. The van der Waals surface area contributed by atoms with Crippen molar-refractivity contribution >= 4 is 29.3 Å². The lowest BCUT2D eigenvalue weighted by Crippen LogP contribution is -2.28. The molecule has 4 nitrogen and oxygen atoms in total. The average Bonchev–Trinajstić information content (AvgIpc) is 2.78. The maximum atomic E-state index is 12.8. The normalized spacial score (nSPS) is 11.5. The summed E-state index contributed by atoms with van der Waals surface area (Å²) in [6.07, 6.45) is 0.397. The van der Waals surface area contributed by atoms with E-state index in [1.54, 1.807) is 30.0 Å². The number of thioether (sulfide) groups is 1. The first-order valence-corrected chi connectivity index (χ1v) is 11.2. The first-order chi connectivity index (χ1) is 14.6. The van der Waals surface area contributed by atoms with Gasteiger partial charge < -0.3 is 10.6 Å². The Labute approximate surface area is 182 Å². The Hall–Kier alpha value is -3.05. The monoisotopic (exact) mass is 418 g/mol. The number of hydrogen-bond acceptors (Lipinski definition) is 3. The summed E-state index contributed by atoms with van der Waals surface area (Å²) in [5.41, 5.74) is 3.28. The van der Waals surface area contributed by atoms with E-state index in [2.05, 4.69) is 22.8 Å². The fourth-order valence-electron chi connectivity index (χ4n) is 3.03. The predicted molar refractivity (Wildman–Crippen MR) is 125 cm³/mol. The third-order valence-corrected chi connectivity index (χ3v) is 5.71. The van der Waals surface area contributed by atoms with Gasteiger partial charge in [0.15, 0.2) is 0 Å². The number of nitrogens with one attached hydrogen (secondary N) is 2. The molecule has 0 aliphatic heterocycles. The van der Waals surface area contributed by atoms with E-state index in [1.165, 1.54) is 5.56 Å². The molecular formula is C25H26N2O2S. The van der Waals surface area contributed by atoms with Gasteiger partial charge >= 0.3 is 0 Å². The molecule has 0 aromatic heterocycles. The van der Waals surface area contributed by atoms with Crippen molar-refractivity contribution in [3.05, 3.63) is 102 Å². The first-order valence-electron chi connectivity index (χ1n) is 10.00. The summed E-state index contributed by atoms with van der Waals surface area (Å²) >= 11 is 1.72. The molecule has 3 aromatic rings. The molecule has 2 amide bonds. The van der Waals surface area contributed by atoms with Crippen LogP contribution >= 0.6 is 11.8 Å². The Balaban J connectivity index is 1.52. The lowest BCUT2D eigenvalue weighted by molar-refractivity contribution is -0.115. The number of rotatable bonds is 9. The van der Waals surface area contributed by atoms with E-state index in [4.69, 9.17) is 0 Å². The van der Waals surface area contributed by atoms with Crippen LogP contribution in [-0.2, 0) is 10.5 Å². The van der Waals surface area contributed by atoms with Crippen molar-refractivity contribution in [2.45, 2.75) is 25.1 Å². The zero-order valence-corrected chi connectivity index (χ0v) is 17.8. The van der Waals surface area contributed by atoms with Crippen LogP contribution < -0.4 is 10.6 Å². The van der Waals surface area contributed by atoms with Gasteiger partial charge in [-0.05, 0) is 30.2 Å². The smallest absolute Gasteiger partial charge is 0.253 e. The summed E-state index contributed by atoms with van der Waals surface area (Å²) in [7, 11) is 0. The number of hydrogen-bond donors (Lipinski definition) is 2. The lowest BCUT2D eigenvalue weighted by atomic mass is 10.1. The van der Waals surface area contributed by atoms with Gasteiger partial charge in [-0.25, -0.2) is 0 Å². The van der Waals surface area contributed by atoms with Crippen LogP contribution in [0.15, 0.2) is 84.9 Å². The summed E-state index contributed by atoms with van der Waals surface area (Å²) < 4.78 is 0. The second kappa shape index (κ2) is 11.2. The van der Waals surface area contributed by atoms with E-state index < -0.39 is 0 Å². The molecule has 0 saturated carbocycles. The first kappa shape index (κ1) is 21.7. The van der Waals surface area contributed by atoms with Crippen LogP contribution in [-0.4, -0.2) is 17.6 Å². The molecule has 2 N–H and O–H groups in total. The molecule has 0 unspecified atom stereocenters. The summed E-state index contributed by atoms with van der Waals surface area (Å²) in [5, 5.41) is 5.89. The molecule has 154 valence electrons. The van der Waals surface area contributed by atoms with Gasteiger partial charge in [-0.2, -0.15) is 11.8 Å². The van der Waals surface area contributed by atoms with Crippen molar-refractivity contribution in [3.8, 4) is 0 Å².